The molecule has 8 heteroatoms. The van der Waals surface area contributed by atoms with Crippen molar-refractivity contribution in [3.63, 3.8) is 0 Å². The normalized spacial score (nSPS) is 12.4. The summed E-state index contributed by atoms with van der Waals surface area (Å²) in [5.41, 5.74) is -5.31. The van der Waals surface area contributed by atoms with Crippen LogP contribution in [0.4, 0.5) is 13.2 Å². The molecule has 0 rings (SSSR count). The standard InChI is InChI=1S/CH2F3NO2S.Na/c2-1(3,4)8(5,6)7;/h(H2,5,6,7);/q;+1. The molecule has 0 aliphatic carbocycles. The van der Waals surface area contributed by atoms with E-state index in [0.29, 0.717) is 0 Å². The largest absolute Gasteiger partial charge is 1.00 e. The smallest absolute Gasteiger partial charge is 0.221 e. The maximum Gasteiger partial charge on any atom is 1.00 e. The van der Waals surface area contributed by atoms with Crippen LogP contribution in [0.3, 0.4) is 0 Å². The zero-order valence-electron chi connectivity index (χ0n) is 4.44. The van der Waals surface area contributed by atoms with Crippen LogP contribution in [0.25, 0.3) is 0 Å². The summed E-state index contributed by atoms with van der Waals surface area (Å²) in [5, 5.41) is 3.66. The van der Waals surface area contributed by atoms with Gasteiger partial charge in [0.15, 0.2) is 0 Å². The average molecular weight is 172 g/mol. The van der Waals surface area contributed by atoms with Crippen LogP contribution in [0.5, 0.6) is 0 Å². The number of hydrogen-bond donors (Lipinski definition) is 1. The summed E-state index contributed by atoms with van der Waals surface area (Å²) in [4.78, 5) is 0. The van der Waals surface area contributed by atoms with Gasteiger partial charge in [-0.15, -0.1) is 0 Å². The van der Waals surface area contributed by atoms with Crippen molar-refractivity contribution in [1.29, 1.82) is 0 Å². The molecule has 0 fully saturated rings. The average Bonchev–Trinajstić information content (AvgIpc) is 1.25. The van der Waals surface area contributed by atoms with Crippen molar-refractivity contribution < 1.29 is 51.1 Å². The van der Waals surface area contributed by atoms with E-state index >= 15 is 0 Å². The molecule has 50 valence electrons. The Morgan fingerprint density at radius 3 is 1.33 bits per heavy atom. The molecule has 0 atom stereocenters. The molecule has 0 unspecified atom stereocenters. The van der Waals surface area contributed by atoms with E-state index in [9.17, 15) is 21.6 Å². The maximum absolute atomic E-state index is 10.8. The quantitative estimate of drug-likeness (QED) is 0.391. The molecule has 0 bridgehead atoms. The minimum atomic E-state index is -5.34. The number of rotatable bonds is 0. The van der Waals surface area contributed by atoms with Gasteiger partial charge in [-0.2, -0.15) is 13.2 Å². The Kier molecular flexibility index (Phi) is 4.40. The second-order valence-electron chi connectivity index (χ2n) is 0.991. The molecule has 0 radical (unpaired) electrons. The Morgan fingerprint density at radius 1 is 1.22 bits per heavy atom. The molecule has 9 heavy (non-hydrogen) atoms. The zero-order valence-corrected chi connectivity index (χ0v) is 7.25. The Balaban J connectivity index is 0. The van der Waals surface area contributed by atoms with E-state index in [-0.39, 0.29) is 29.6 Å². The van der Waals surface area contributed by atoms with E-state index in [4.69, 9.17) is 0 Å². The summed E-state index contributed by atoms with van der Waals surface area (Å²) in [5.74, 6) is 0. The molecule has 0 spiro atoms. The van der Waals surface area contributed by atoms with Crippen molar-refractivity contribution in [2.24, 2.45) is 5.14 Å². The number of halogens is 3. The number of primary sulfonamides is 1. The van der Waals surface area contributed by atoms with E-state index in [1.165, 1.54) is 0 Å². The second-order valence-corrected chi connectivity index (χ2v) is 2.54. The van der Waals surface area contributed by atoms with Crippen LogP contribution in [-0.4, -0.2) is 13.9 Å². The molecule has 0 heterocycles. The van der Waals surface area contributed by atoms with Gasteiger partial charge < -0.3 is 0 Å². The molecule has 3 nitrogen and oxygen atoms in total. The van der Waals surface area contributed by atoms with Crippen LogP contribution in [0.15, 0.2) is 0 Å². The number of alkyl halides is 3. The van der Waals surface area contributed by atoms with Crippen LogP contribution in [0.2, 0.25) is 0 Å². The van der Waals surface area contributed by atoms with Crippen molar-refractivity contribution in [2.45, 2.75) is 5.51 Å². The second kappa shape index (κ2) is 3.20. The first-order valence-electron chi connectivity index (χ1n) is 1.34. The van der Waals surface area contributed by atoms with E-state index < -0.39 is 15.5 Å². The van der Waals surface area contributed by atoms with Crippen LogP contribution >= 0.6 is 0 Å². The third-order valence-electron chi connectivity index (χ3n) is 0.323. The van der Waals surface area contributed by atoms with E-state index in [1.54, 1.807) is 0 Å². The molecule has 0 aromatic heterocycles. The third-order valence-corrected chi connectivity index (χ3v) is 0.968. The molecule has 0 aliphatic heterocycles. The molecule has 0 aliphatic rings. The van der Waals surface area contributed by atoms with Gasteiger partial charge >= 0.3 is 45.1 Å². The minimum Gasteiger partial charge on any atom is -0.221 e. The van der Waals surface area contributed by atoms with Crippen molar-refractivity contribution in [3.05, 3.63) is 0 Å². The number of hydrogen-bond acceptors (Lipinski definition) is 2. The Hall–Kier alpha value is 0.700. The van der Waals surface area contributed by atoms with Gasteiger partial charge in [0.1, 0.15) is 0 Å². The molecule has 2 N–H and O–H groups in total. The molecule has 0 amide bonds. The van der Waals surface area contributed by atoms with Crippen LogP contribution < -0.4 is 34.7 Å². The van der Waals surface area contributed by atoms with E-state index in [0.717, 1.165) is 0 Å². The molecule has 0 saturated heterocycles. The monoisotopic (exact) mass is 172 g/mol. The van der Waals surface area contributed by atoms with Gasteiger partial charge in [-0.3, -0.25) is 0 Å². The van der Waals surface area contributed by atoms with Gasteiger partial charge in [-0.1, -0.05) is 0 Å². The molecule has 0 aromatic rings. The van der Waals surface area contributed by atoms with Crippen LogP contribution in [0.1, 0.15) is 0 Å². The minimum absolute atomic E-state index is 0. The summed E-state index contributed by atoms with van der Waals surface area (Å²) in [6.45, 7) is 0. The predicted octanol–water partition coefficient (Wildman–Crippen LogP) is -3.20. The number of sulfonamides is 1. The maximum atomic E-state index is 10.8. The van der Waals surface area contributed by atoms with Gasteiger partial charge in [-0.25, -0.2) is 13.6 Å². The summed E-state index contributed by atoms with van der Waals surface area (Å²) in [6.07, 6.45) is 0. The fourth-order valence-corrected chi connectivity index (χ4v) is 0. The SMILES string of the molecule is NS(=O)(=O)C(F)(F)F.[Na+]. The summed E-state index contributed by atoms with van der Waals surface area (Å²) in [7, 11) is -5.34. The van der Waals surface area contributed by atoms with Crippen molar-refractivity contribution in [3.8, 4) is 0 Å². The first-order valence-corrected chi connectivity index (χ1v) is 2.89. The van der Waals surface area contributed by atoms with Crippen LogP contribution in [-0.2, 0) is 10.0 Å². The van der Waals surface area contributed by atoms with Gasteiger partial charge in [-0.05, 0) is 0 Å². The fraction of sp³-hybridized carbons (Fsp3) is 1.00. The third kappa shape index (κ3) is 4.15. The van der Waals surface area contributed by atoms with Gasteiger partial charge in [0.25, 0.3) is 0 Å². The van der Waals surface area contributed by atoms with E-state index in [1.807, 2.05) is 0 Å². The van der Waals surface area contributed by atoms with Crippen molar-refractivity contribution >= 4 is 10.0 Å². The Bertz CT molecular complexity index is 171. The van der Waals surface area contributed by atoms with Crippen molar-refractivity contribution in [2.75, 3.05) is 0 Å². The molecule has 0 saturated carbocycles. The summed E-state index contributed by atoms with van der Waals surface area (Å²) < 4.78 is 51.2. The predicted molar refractivity (Wildman–Crippen MR) is 19.2 cm³/mol. The molecular formula is CH2F3NNaO2S+. The first-order chi connectivity index (χ1) is 3.25. The first kappa shape index (κ1) is 12.4. The van der Waals surface area contributed by atoms with Gasteiger partial charge in [0, 0.05) is 0 Å². The van der Waals surface area contributed by atoms with Crippen molar-refractivity contribution in [1.82, 2.24) is 0 Å². The fourth-order valence-electron chi connectivity index (χ4n) is 0. The number of nitrogens with two attached hydrogens (primary N) is 1. The molecule has 0 aromatic carbocycles. The topological polar surface area (TPSA) is 60.2 Å². The Morgan fingerprint density at radius 2 is 1.33 bits per heavy atom. The van der Waals surface area contributed by atoms with Gasteiger partial charge in [0.05, 0.1) is 0 Å². The Labute approximate surface area is 71.7 Å². The summed E-state index contributed by atoms with van der Waals surface area (Å²) >= 11 is 0. The molecular weight excluding hydrogens is 170 g/mol. The summed E-state index contributed by atoms with van der Waals surface area (Å²) in [6, 6.07) is 0. The van der Waals surface area contributed by atoms with Crippen LogP contribution in [0, 0.1) is 0 Å². The van der Waals surface area contributed by atoms with E-state index in [2.05, 4.69) is 5.14 Å². The van der Waals surface area contributed by atoms with Gasteiger partial charge in [0.2, 0.25) is 0 Å². The zero-order chi connectivity index (χ0) is 7.00.